The van der Waals surface area contributed by atoms with E-state index in [1.54, 1.807) is 6.07 Å². The van der Waals surface area contributed by atoms with Crippen molar-refractivity contribution >= 4 is 23.8 Å². The van der Waals surface area contributed by atoms with Gasteiger partial charge in [0.1, 0.15) is 0 Å². The predicted octanol–water partition coefficient (Wildman–Crippen LogP) is 2.46. The summed E-state index contributed by atoms with van der Waals surface area (Å²) in [5.41, 5.74) is 1.70. The Bertz CT molecular complexity index is 421. The Hall–Kier alpha value is -1.29. The first kappa shape index (κ1) is 12.8. The lowest BCUT2D eigenvalue weighted by atomic mass is 9.86. The number of rotatable bonds is 1. The first-order valence-corrected chi connectivity index (χ1v) is 5.43. The van der Waals surface area contributed by atoms with E-state index in [1.165, 1.54) is 0 Å². The van der Waals surface area contributed by atoms with E-state index in [0.29, 0.717) is 5.56 Å². The van der Waals surface area contributed by atoms with E-state index in [0.717, 1.165) is 5.56 Å². The van der Waals surface area contributed by atoms with Crippen LogP contribution in [-0.2, 0) is 22.8 Å². The summed E-state index contributed by atoms with van der Waals surface area (Å²) in [4.78, 5) is 10.7. The van der Waals surface area contributed by atoms with Crippen molar-refractivity contribution in [2.75, 3.05) is 0 Å². The molecular formula is C12H16NO2S+. The van der Waals surface area contributed by atoms with Crippen molar-refractivity contribution in [3.05, 3.63) is 35.4 Å². The molecule has 0 saturated carbocycles. The lowest BCUT2D eigenvalue weighted by Crippen LogP contribution is -2.14. The minimum Gasteiger partial charge on any atom is -0.367 e. The molecule has 1 N–H and O–H groups in total. The number of ether oxygens (including phenoxy) is 1. The van der Waals surface area contributed by atoms with Gasteiger partial charge in [0, 0.05) is 5.56 Å². The van der Waals surface area contributed by atoms with E-state index in [4.69, 9.17) is 5.41 Å². The normalized spacial score (nSPS) is 11.0. The molecule has 1 aromatic rings. The third-order valence-electron chi connectivity index (χ3n) is 2.19. The molecule has 16 heavy (non-hydrogen) atoms. The average Bonchev–Trinajstić information content (AvgIpc) is 2.15. The average molecular weight is 238 g/mol. The number of hydrogen-bond acceptors (Lipinski definition) is 3. The first-order chi connectivity index (χ1) is 7.30. The summed E-state index contributed by atoms with van der Waals surface area (Å²) in [6.07, 6.45) is 0. The van der Waals surface area contributed by atoms with Gasteiger partial charge in [-0.25, -0.2) is 0 Å². The van der Waals surface area contributed by atoms with Gasteiger partial charge in [-0.05, 0) is 23.1 Å². The highest BCUT2D eigenvalue weighted by Gasteiger charge is 2.16. The highest BCUT2D eigenvalue weighted by Crippen LogP contribution is 2.22. The maximum Gasteiger partial charge on any atom is 0.527 e. The molecule has 0 spiro atoms. The van der Waals surface area contributed by atoms with Crippen LogP contribution in [0.1, 0.15) is 31.9 Å². The van der Waals surface area contributed by atoms with Crippen LogP contribution >= 0.6 is 0 Å². The Labute approximate surface area is 101 Å². The maximum atomic E-state index is 10.7. The Balaban J connectivity index is 2.99. The SMILES string of the molecule is CC(C)(C)c1cccc(C(=N)OC(=O)[SH2+])c1. The van der Waals surface area contributed by atoms with Crippen molar-refractivity contribution in [2.45, 2.75) is 26.2 Å². The molecule has 0 aliphatic heterocycles. The molecule has 86 valence electrons. The third kappa shape index (κ3) is 3.38. The summed E-state index contributed by atoms with van der Waals surface area (Å²) >= 11 is 2.68. The van der Waals surface area contributed by atoms with Crippen LogP contribution in [-0.4, -0.2) is 11.2 Å². The molecule has 4 heteroatoms. The van der Waals surface area contributed by atoms with E-state index in [2.05, 4.69) is 38.1 Å². The molecular weight excluding hydrogens is 222 g/mol. The van der Waals surface area contributed by atoms with Gasteiger partial charge in [-0.3, -0.25) is 5.41 Å². The quantitative estimate of drug-likeness (QED) is 0.353. The zero-order valence-electron chi connectivity index (χ0n) is 9.63. The van der Waals surface area contributed by atoms with Crippen LogP contribution in [0.5, 0.6) is 0 Å². The summed E-state index contributed by atoms with van der Waals surface area (Å²) in [5.74, 6) is -0.147. The number of benzene rings is 1. The monoisotopic (exact) mass is 238 g/mol. The molecule has 0 aromatic heterocycles. The topological polar surface area (TPSA) is 50.1 Å². The molecule has 0 heterocycles. The number of nitrogens with one attached hydrogen (secondary N) is 1. The van der Waals surface area contributed by atoms with Crippen LogP contribution in [0.3, 0.4) is 0 Å². The Morgan fingerprint density at radius 3 is 2.50 bits per heavy atom. The second-order valence-electron chi connectivity index (χ2n) is 4.55. The second-order valence-corrected chi connectivity index (χ2v) is 4.96. The number of hydrogen-bond donors (Lipinski definition) is 1. The number of carbonyl (C=O) groups is 1. The molecule has 0 aliphatic rings. The fourth-order valence-electron chi connectivity index (χ4n) is 1.28. The van der Waals surface area contributed by atoms with Crippen LogP contribution in [0.15, 0.2) is 24.3 Å². The molecule has 3 nitrogen and oxygen atoms in total. The van der Waals surface area contributed by atoms with E-state index in [1.807, 2.05) is 18.2 Å². The van der Waals surface area contributed by atoms with E-state index in [9.17, 15) is 4.79 Å². The fourth-order valence-corrected chi connectivity index (χ4v) is 1.38. The Morgan fingerprint density at radius 1 is 1.38 bits per heavy atom. The second kappa shape index (κ2) is 4.70. The van der Waals surface area contributed by atoms with Gasteiger partial charge in [-0.1, -0.05) is 32.9 Å². The van der Waals surface area contributed by atoms with Crippen molar-refractivity contribution < 1.29 is 9.53 Å². The summed E-state index contributed by atoms with van der Waals surface area (Å²) < 4.78 is 4.66. The standard InChI is InChI=1S/C12H15NO2S/c1-12(2,3)9-6-4-5-8(7-9)10(13)15-11(14)16/h4-7,13H,1-3H3,(H,14,16)/p+1. The van der Waals surface area contributed by atoms with Crippen molar-refractivity contribution in [2.24, 2.45) is 0 Å². The van der Waals surface area contributed by atoms with Gasteiger partial charge < -0.3 is 4.74 Å². The van der Waals surface area contributed by atoms with Gasteiger partial charge in [-0.15, -0.1) is 0 Å². The molecule has 1 aromatic carbocycles. The summed E-state index contributed by atoms with van der Waals surface area (Å²) in [6.45, 7) is 6.27. The van der Waals surface area contributed by atoms with E-state index < -0.39 is 5.30 Å². The third-order valence-corrected chi connectivity index (χ3v) is 2.29. The fraction of sp³-hybridized carbons (Fsp3) is 0.333. The predicted molar refractivity (Wildman–Crippen MR) is 68.6 cm³/mol. The van der Waals surface area contributed by atoms with Crippen LogP contribution in [0.4, 0.5) is 4.79 Å². The van der Waals surface area contributed by atoms with Crippen LogP contribution in [0.25, 0.3) is 0 Å². The Morgan fingerprint density at radius 2 is 2.00 bits per heavy atom. The van der Waals surface area contributed by atoms with Gasteiger partial charge >= 0.3 is 5.30 Å². The van der Waals surface area contributed by atoms with E-state index in [-0.39, 0.29) is 11.3 Å². The zero-order chi connectivity index (χ0) is 12.3. The smallest absolute Gasteiger partial charge is 0.367 e. The molecule has 0 radical (unpaired) electrons. The minimum absolute atomic E-state index is 0.00820. The largest absolute Gasteiger partial charge is 0.527 e. The summed E-state index contributed by atoms with van der Waals surface area (Å²) in [6, 6.07) is 7.45. The van der Waals surface area contributed by atoms with Gasteiger partial charge in [0.05, 0.1) is 12.6 Å². The van der Waals surface area contributed by atoms with Gasteiger partial charge in [0.2, 0.25) is 5.90 Å². The molecule has 0 aliphatic carbocycles. The van der Waals surface area contributed by atoms with Gasteiger partial charge in [0.15, 0.2) is 0 Å². The molecule has 0 atom stereocenters. The molecule has 0 fully saturated rings. The van der Waals surface area contributed by atoms with Crippen molar-refractivity contribution in [3.8, 4) is 0 Å². The van der Waals surface area contributed by atoms with Crippen LogP contribution in [0.2, 0.25) is 0 Å². The maximum absolute atomic E-state index is 10.7. The first-order valence-electron chi connectivity index (χ1n) is 4.93. The summed E-state index contributed by atoms with van der Waals surface area (Å²) in [7, 11) is 0. The van der Waals surface area contributed by atoms with Crippen molar-refractivity contribution in [1.29, 1.82) is 5.41 Å². The highest BCUT2D eigenvalue weighted by atomic mass is 32.1. The lowest BCUT2D eigenvalue weighted by Gasteiger charge is -2.19. The molecule has 1 rings (SSSR count). The zero-order valence-corrected chi connectivity index (χ0v) is 10.6. The number of carbonyl (C=O) groups excluding carboxylic acids is 1. The Kier molecular flexibility index (Phi) is 3.75. The molecule has 0 bridgehead atoms. The van der Waals surface area contributed by atoms with Crippen molar-refractivity contribution in [3.63, 3.8) is 0 Å². The highest BCUT2D eigenvalue weighted by molar-refractivity contribution is 7.76. The van der Waals surface area contributed by atoms with E-state index >= 15 is 0 Å². The lowest BCUT2D eigenvalue weighted by molar-refractivity contribution is 0.224. The summed E-state index contributed by atoms with van der Waals surface area (Å²) in [5, 5.41) is 6.93. The van der Waals surface area contributed by atoms with Gasteiger partial charge in [-0.2, -0.15) is 4.79 Å². The van der Waals surface area contributed by atoms with Gasteiger partial charge in [0.25, 0.3) is 0 Å². The van der Waals surface area contributed by atoms with Crippen LogP contribution in [0, 0.1) is 5.41 Å². The molecule has 0 amide bonds. The minimum atomic E-state index is -0.661. The van der Waals surface area contributed by atoms with Crippen molar-refractivity contribution in [1.82, 2.24) is 0 Å². The molecule has 0 saturated heterocycles. The molecule has 0 unspecified atom stereocenters. The van der Waals surface area contributed by atoms with Crippen LogP contribution < -0.4 is 0 Å².